The second-order valence-electron chi connectivity index (χ2n) is 11.4. The average molecular weight is 562 g/mol. The predicted octanol–water partition coefficient (Wildman–Crippen LogP) is 4.69. The highest BCUT2D eigenvalue weighted by molar-refractivity contribution is 6.51. The molecule has 41 heavy (non-hydrogen) atoms. The fourth-order valence-corrected chi connectivity index (χ4v) is 5.51. The molecule has 3 aliphatic rings. The van der Waals surface area contributed by atoms with Crippen molar-refractivity contribution in [2.24, 2.45) is 5.92 Å². The lowest BCUT2D eigenvalue weighted by Crippen LogP contribution is -2.47. The molecule has 0 spiro atoms. The summed E-state index contributed by atoms with van der Waals surface area (Å²) < 4.78 is 10.8. The molecule has 0 saturated carbocycles. The minimum Gasteiger partial charge on any atom is -0.507 e. The summed E-state index contributed by atoms with van der Waals surface area (Å²) in [5.74, 6) is -1.26. The highest BCUT2D eigenvalue weighted by Crippen LogP contribution is 2.40. The maximum Gasteiger partial charge on any atom is 0.410 e. The topological polar surface area (TPSA) is 118 Å². The van der Waals surface area contributed by atoms with Crippen molar-refractivity contribution in [1.29, 1.82) is 0 Å². The molecule has 216 valence electrons. The van der Waals surface area contributed by atoms with Gasteiger partial charge < -0.3 is 24.3 Å². The van der Waals surface area contributed by atoms with Crippen LogP contribution in [0.4, 0.5) is 10.5 Å². The molecule has 10 nitrogen and oxygen atoms in total. The summed E-state index contributed by atoms with van der Waals surface area (Å²) in [5, 5.41) is 11.4. The van der Waals surface area contributed by atoms with E-state index in [0.717, 1.165) is 5.56 Å². The molecule has 2 aromatic carbocycles. The van der Waals surface area contributed by atoms with Crippen LogP contribution in [0.3, 0.4) is 0 Å². The Balaban J connectivity index is 1.49. The van der Waals surface area contributed by atoms with E-state index >= 15 is 0 Å². The molecule has 2 amide bonds. The van der Waals surface area contributed by atoms with Gasteiger partial charge in [0, 0.05) is 24.3 Å². The minimum absolute atomic E-state index is 0.0637. The summed E-state index contributed by atoms with van der Waals surface area (Å²) in [6.45, 7) is 6.27. The van der Waals surface area contributed by atoms with Crippen LogP contribution in [0.1, 0.15) is 50.8 Å². The molecule has 10 heteroatoms. The number of Topliss-reactive ketones (excluding diaryl/α,β-unsaturated/α-hetero) is 1. The first kappa shape index (κ1) is 28.2. The number of carbonyl (C=O) groups is 3. The van der Waals surface area contributed by atoms with Gasteiger partial charge in [-0.3, -0.25) is 14.5 Å². The Bertz CT molecular complexity index is 1370. The number of benzene rings is 2. The van der Waals surface area contributed by atoms with Crippen LogP contribution in [0, 0.1) is 5.92 Å². The molecule has 2 atom stereocenters. The fourth-order valence-electron chi connectivity index (χ4n) is 5.51. The van der Waals surface area contributed by atoms with E-state index in [-0.39, 0.29) is 23.3 Å². The van der Waals surface area contributed by atoms with Crippen molar-refractivity contribution in [2.45, 2.75) is 51.3 Å². The number of hydrogen-bond acceptors (Lipinski definition) is 8. The number of rotatable bonds is 5. The Labute approximate surface area is 239 Å². The van der Waals surface area contributed by atoms with Crippen LogP contribution >= 0.6 is 0 Å². The minimum atomic E-state index is -0.740. The van der Waals surface area contributed by atoms with Crippen molar-refractivity contribution in [1.82, 2.24) is 10.4 Å². The van der Waals surface area contributed by atoms with E-state index in [1.54, 1.807) is 54.7 Å². The Morgan fingerprint density at radius 1 is 1.02 bits per heavy atom. The van der Waals surface area contributed by atoms with Gasteiger partial charge in [0.05, 0.1) is 24.8 Å². The molecule has 3 aliphatic heterocycles. The molecule has 5 rings (SSSR count). The van der Waals surface area contributed by atoms with Crippen LogP contribution < -0.4 is 15.1 Å². The number of ketones is 1. The molecule has 2 fully saturated rings. The quantitative estimate of drug-likeness (QED) is 0.307. The average Bonchev–Trinajstić information content (AvgIpc) is 3.59. The largest absolute Gasteiger partial charge is 0.507 e. The van der Waals surface area contributed by atoms with Crippen LogP contribution in [0.25, 0.3) is 5.76 Å². The lowest BCUT2D eigenvalue weighted by atomic mass is 9.84. The van der Waals surface area contributed by atoms with Gasteiger partial charge in [-0.1, -0.05) is 12.1 Å². The molecular formula is C31H35N3O7. The van der Waals surface area contributed by atoms with Gasteiger partial charge in [-0.2, -0.15) is 0 Å². The lowest BCUT2D eigenvalue weighted by Gasteiger charge is -2.38. The molecule has 3 heterocycles. The number of carbonyl (C=O) groups excluding carboxylic acids is 3. The van der Waals surface area contributed by atoms with Gasteiger partial charge in [0.15, 0.2) is 0 Å². The zero-order valence-electron chi connectivity index (χ0n) is 23.6. The number of hydrogen-bond donors (Lipinski definition) is 2. The van der Waals surface area contributed by atoms with Gasteiger partial charge in [0.2, 0.25) is 0 Å². The third-order valence-corrected chi connectivity index (χ3v) is 7.55. The monoisotopic (exact) mass is 561 g/mol. The van der Waals surface area contributed by atoms with Crippen LogP contribution in [0.2, 0.25) is 0 Å². The molecule has 2 N–H and O–H groups in total. The van der Waals surface area contributed by atoms with Crippen molar-refractivity contribution in [3.63, 3.8) is 0 Å². The summed E-state index contributed by atoms with van der Waals surface area (Å²) in [6, 6.07) is 13.2. The Morgan fingerprint density at radius 2 is 1.68 bits per heavy atom. The molecule has 0 bridgehead atoms. The fraction of sp³-hybridized carbons (Fsp3) is 0.387. The van der Waals surface area contributed by atoms with Crippen LogP contribution in [0.15, 0.2) is 66.4 Å². The third kappa shape index (κ3) is 5.78. The zero-order chi connectivity index (χ0) is 29.3. The molecule has 0 aliphatic carbocycles. The number of likely N-dealkylation sites (tertiary alicyclic amines) is 1. The van der Waals surface area contributed by atoms with Gasteiger partial charge in [0.1, 0.15) is 23.4 Å². The first-order valence-corrected chi connectivity index (χ1v) is 13.7. The number of piperidine rings is 1. The molecular weight excluding hydrogens is 526 g/mol. The molecule has 2 unspecified atom stereocenters. The normalized spacial score (nSPS) is 22.6. The zero-order valence-corrected chi connectivity index (χ0v) is 23.6. The van der Waals surface area contributed by atoms with Gasteiger partial charge >= 0.3 is 6.09 Å². The Hall–Kier alpha value is -4.31. The highest BCUT2D eigenvalue weighted by atomic mass is 16.6. The van der Waals surface area contributed by atoms with E-state index in [2.05, 4.69) is 5.48 Å². The summed E-state index contributed by atoms with van der Waals surface area (Å²) in [7, 11) is 1.54. The number of anilines is 1. The maximum absolute atomic E-state index is 13.6. The van der Waals surface area contributed by atoms with E-state index in [1.807, 2.05) is 39.0 Å². The number of methoxy groups -OCH3 is 1. The molecule has 2 aromatic rings. The number of amides is 2. The van der Waals surface area contributed by atoms with Crippen LogP contribution in [-0.2, 0) is 19.2 Å². The first-order chi connectivity index (χ1) is 19.6. The van der Waals surface area contributed by atoms with Crippen molar-refractivity contribution >= 4 is 29.2 Å². The van der Waals surface area contributed by atoms with Gasteiger partial charge in [-0.05, 0) is 87.6 Å². The predicted molar refractivity (Wildman–Crippen MR) is 152 cm³/mol. The van der Waals surface area contributed by atoms with Gasteiger partial charge in [-0.25, -0.2) is 4.79 Å². The highest BCUT2D eigenvalue weighted by Gasteiger charge is 2.50. The first-order valence-electron chi connectivity index (χ1n) is 13.7. The Kier molecular flexibility index (Phi) is 7.77. The second-order valence-corrected chi connectivity index (χ2v) is 11.4. The third-order valence-electron chi connectivity index (χ3n) is 7.55. The molecule has 2 saturated heterocycles. The van der Waals surface area contributed by atoms with Crippen molar-refractivity contribution < 1.29 is 33.8 Å². The Morgan fingerprint density at radius 3 is 2.24 bits per heavy atom. The SMILES string of the molecule is COc1ccc(C(O)=C2C(=O)C(=O)N(c3ccc(C4C=CON4)cc3)C2C2CCN(C(=O)OC(C)(C)C)CC2)cc1. The van der Waals surface area contributed by atoms with Gasteiger partial charge in [0.25, 0.3) is 11.7 Å². The van der Waals surface area contributed by atoms with E-state index in [0.29, 0.717) is 42.9 Å². The van der Waals surface area contributed by atoms with Crippen LogP contribution in [-0.4, -0.2) is 59.6 Å². The standard InChI is InChI=1S/C31H35N3O7/c1-31(2,3)41-30(38)33-16-13-20(14-17-33)26-25(27(35)21-7-11-23(39-4)12-8-21)28(36)29(37)34(26)22-9-5-19(6-10-22)24-15-18-40-32-24/h5-12,15,18,20,24,26,32,35H,13-14,16-17H2,1-4H3. The van der Waals surface area contributed by atoms with E-state index < -0.39 is 29.4 Å². The summed E-state index contributed by atoms with van der Waals surface area (Å²) in [6.07, 6.45) is 4.09. The smallest absolute Gasteiger partial charge is 0.410 e. The van der Waals surface area contributed by atoms with Crippen LogP contribution in [0.5, 0.6) is 5.75 Å². The molecule has 0 radical (unpaired) electrons. The number of aliphatic hydroxyl groups excluding tert-OH is 1. The summed E-state index contributed by atoms with van der Waals surface area (Å²) >= 11 is 0. The van der Waals surface area contributed by atoms with Crippen molar-refractivity contribution in [3.05, 3.63) is 77.6 Å². The van der Waals surface area contributed by atoms with E-state index in [1.165, 1.54) is 4.90 Å². The second kappa shape index (κ2) is 11.3. The molecule has 0 aromatic heterocycles. The maximum atomic E-state index is 13.6. The summed E-state index contributed by atoms with van der Waals surface area (Å²) in [4.78, 5) is 48.0. The number of nitrogens with zero attached hydrogens (tertiary/aromatic N) is 2. The lowest BCUT2D eigenvalue weighted by molar-refractivity contribution is -0.132. The van der Waals surface area contributed by atoms with Gasteiger partial charge in [-0.15, -0.1) is 5.48 Å². The van der Waals surface area contributed by atoms with E-state index in [4.69, 9.17) is 14.3 Å². The number of aliphatic hydroxyl groups is 1. The number of nitrogens with one attached hydrogen (secondary N) is 1. The van der Waals surface area contributed by atoms with Crippen molar-refractivity contribution in [2.75, 3.05) is 25.1 Å². The number of ether oxygens (including phenoxy) is 2. The van der Waals surface area contributed by atoms with Crippen molar-refractivity contribution in [3.8, 4) is 5.75 Å². The number of hydroxylamine groups is 1. The van der Waals surface area contributed by atoms with E-state index in [9.17, 15) is 19.5 Å². The summed E-state index contributed by atoms with van der Waals surface area (Å²) in [5.41, 5.74) is 4.22.